The Morgan fingerprint density at radius 2 is 1.82 bits per heavy atom. The number of nitrogens with one attached hydrogen (secondary N) is 1. The first-order valence-electron chi connectivity index (χ1n) is 22.9. The number of ether oxygens (including phenoxy) is 2. The maximum Gasteiger partial charge on any atom is 0.307 e. The van der Waals surface area contributed by atoms with Crippen molar-refractivity contribution >= 4 is 67.6 Å². The molecule has 3 fully saturated rings. The summed E-state index contributed by atoms with van der Waals surface area (Å²) in [5, 5.41) is 3.50. The molecule has 0 radical (unpaired) electrons. The number of carbonyl (C=O) groups excluding carboxylic acids is 4. The number of aromatic nitrogens is 3. The number of carbonyl (C=O) groups is 4. The second kappa shape index (κ2) is 18.2. The summed E-state index contributed by atoms with van der Waals surface area (Å²) in [5.74, 6) is -2.96. The molecule has 8 rings (SSSR count). The van der Waals surface area contributed by atoms with Crippen molar-refractivity contribution in [2.24, 2.45) is 17.3 Å². The normalized spacial score (nSPS) is 25.3. The molecule has 0 spiro atoms. The third-order valence-electron chi connectivity index (χ3n) is 13.4. The Hall–Kier alpha value is -4.60. The van der Waals surface area contributed by atoms with Crippen molar-refractivity contribution in [3.8, 4) is 16.6 Å². The number of esters is 1. The van der Waals surface area contributed by atoms with Crippen molar-refractivity contribution < 1.29 is 37.1 Å². The topological polar surface area (TPSA) is 167 Å². The van der Waals surface area contributed by atoms with Crippen LogP contribution in [0.5, 0.6) is 6.01 Å². The van der Waals surface area contributed by atoms with Gasteiger partial charge in [-0.05, 0) is 110 Å². The van der Waals surface area contributed by atoms with Crippen LogP contribution in [0.25, 0.3) is 21.6 Å². The van der Waals surface area contributed by atoms with Gasteiger partial charge >= 0.3 is 5.97 Å². The number of rotatable bonds is 11. The average molecular weight is 947 g/mol. The fourth-order valence-corrected chi connectivity index (χ4v) is 11.7. The zero-order chi connectivity index (χ0) is 46.5. The zero-order valence-electron chi connectivity index (χ0n) is 38.1. The number of ketones is 1. The van der Waals surface area contributed by atoms with Gasteiger partial charge in [-0.1, -0.05) is 60.9 Å². The van der Waals surface area contributed by atoms with Gasteiger partial charge in [0, 0.05) is 47.2 Å². The van der Waals surface area contributed by atoms with E-state index in [1.54, 1.807) is 27.7 Å². The molecule has 0 bridgehead atoms. The van der Waals surface area contributed by atoms with Gasteiger partial charge in [0.15, 0.2) is 5.78 Å². The SMILES string of the molecule is CC(C)n1c(O[C@@H]2C[C@H]3C(=O)C[C@]4(C(=O)NS(=O)(=O)C5(C)CC5)C[C@H]4/C=C\CCCCC[C@H](CC(=O)OC(C)(C)C)C(=O)N3C2)nc2c(-c3nc(Cc4ccccc4Cl)cs3)cccc21. The molecule has 65 heavy (non-hydrogen) atoms. The van der Waals surface area contributed by atoms with Crippen LogP contribution in [-0.4, -0.2) is 80.5 Å². The summed E-state index contributed by atoms with van der Waals surface area (Å²) in [7, 11) is -3.97. The number of Topliss-reactive ketones (excluding diaryl/α,β-unsaturated/α-hetero) is 1. The Morgan fingerprint density at radius 1 is 1.05 bits per heavy atom. The van der Waals surface area contributed by atoms with Gasteiger partial charge in [-0.25, -0.2) is 13.4 Å². The molecule has 2 aliphatic carbocycles. The van der Waals surface area contributed by atoms with E-state index in [1.807, 2.05) is 78.4 Å². The second-order valence-corrected chi connectivity index (χ2v) is 23.4. The molecule has 2 amide bonds. The quantitative estimate of drug-likeness (QED) is 0.113. The number of amides is 2. The van der Waals surface area contributed by atoms with Crippen molar-refractivity contribution in [1.29, 1.82) is 0 Å². The van der Waals surface area contributed by atoms with Gasteiger partial charge in [0.05, 0.1) is 40.4 Å². The van der Waals surface area contributed by atoms with Crippen LogP contribution in [-0.2, 0) is 40.4 Å². The van der Waals surface area contributed by atoms with Crippen molar-refractivity contribution in [2.75, 3.05) is 6.54 Å². The van der Waals surface area contributed by atoms with Crippen LogP contribution in [0.1, 0.15) is 129 Å². The number of hydrogen-bond donors (Lipinski definition) is 1. The van der Waals surface area contributed by atoms with E-state index in [0.29, 0.717) is 55.1 Å². The Balaban J connectivity index is 1.11. The largest absolute Gasteiger partial charge is 0.460 e. The summed E-state index contributed by atoms with van der Waals surface area (Å²) in [6.07, 6.45) is 8.29. The van der Waals surface area contributed by atoms with Crippen molar-refractivity contribution in [3.05, 3.63) is 76.3 Å². The zero-order valence-corrected chi connectivity index (χ0v) is 40.5. The molecule has 2 aromatic heterocycles. The van der Waals surface area contributed by atoms with E-state index in [1.165, 1.54) is 16.2 Å². The van der Waals surface area contributed by atoms with Gasteiger partial charge in [-0.15, -0.1) is 11.3 Å². The Bertz CT molecular complexity index is 2630. The number of hydrogen-bond acceptors (Lipinski definition) is 11. The maximum absolute atomic E-state index is 14.9. The highest BCUT2D eigenvalue weighted by molar-refractivity contribution is 7.91. The van der Waals surface area contributed by atoms with Crippen LogP contribution in [0.15, 0.2) is 60.0 Å². The van der Waals surface area contributed by atoms with Crippen molar-refractivity contribution in [1.82, 2.24) is 24.2 Å². The third kappa shape index (κ3) is 10.1. The molecule has 4 aromatic rings. The van der Waals surface area contributed by atoms with E-state index in [9.17, 15) is 27.6 Å². The van der Waals surface area contributed by atoms with Gasteiger partial charge in [-0.3, -0.25) is 28.5 Å². The standard InChI is InChI=1S/C49H60ClN5O8S2/c1-30(2)55-38-20-14-18-36(43-51-34(29-64-43)23-31-15-12-13-19-37(31)50)42(38)52-46(55)62-35-25-39-40(56)27-49(45(59)53-65(60,61)48(6)21-22-48)26-33(49)17-11-9-7-8-10-16-32(44(58)54(39)28-35)24-41(57)63-47(3,4)5/h11-15,17-20,29-30,32-33,35,39H,7-10,16,21-28H2,1-6H3,(H,53,59)/b17-11-/t32-,33-,35-,39+,49-/m1/s1. The molecule has 13 nitrogen and oxygen atoms in total. The minimum Gasteiger partial charge on any atom is -0.460 e. The number of fused-ring (bicyclic) bond motifs is 3. The Kier molecular flexibility index (Phi) is 13.2. The summed E-state index contributed by atoms with van der Waals surface area (Å²) in [6, 6.07) is 12.9. The number of halogens is 1. The summed E-state index contributed by atoms with van der Waals surface area (Å²) in [6.45, 7) is 11.1. The van der Waals surface area contributed by atoms with Gasteiger partial charge < -0.3 is 14.4 Å². The number of imidazole rings is 1. The average Bonchev–Trinajstić information content (AvgIpc) is 3.92. The smallest absolute Gasteiger partial charge is 0.307 e. The number of thiazole rings is 1. The van der Waals surface area contributed by atoms with Crippen LogP contribution in [0, 0.1) is 17.3 Å². The molecule has 1 saturated heterocycles. The third-order valence-corrected chi connectivity index (χ3v) is 16.8. The lowest BCUT2D eigenvalue weighted by atomic mass is 9.90. The maximum atomic E-state index is 14.9. The summed E-state index contributed by atoms with van der Waals surface area (Å²) < 4.78 is 42.5. The summed E-state index contributed by atoms with van der Waals surface area (Å²) >= 11 is 8.00. The van der Waals surface area contributed by atoms with E-state index in [-0.39, 0.29) is 49.5 Å². The molecule has 2 aromatic carbocycles. The molecule has 2 aliphatic heterocycles. The van der Waals surface area contributed by atoms with E-state index < -0.39 is 55.7 Å². The number of nitrogens with zero attached hydrogens (tertiary/aromatic N) is 4. The first-order valence-corrected chi connectivity index (χ1v) is 25.7. The summed E-state index contributed by atoms with van der Waals surface area (Å²) in [4.78, 5) is 68.7. The summed E-state index contributed by atoms with van der Waals surface area (Å²) in [5.41, 5.74) is 2.21. The molecular formula is C49H60ClN5O8S2. The molecule has 348 valence electrons. The number of allylic oxidation sites excluding steroid dienone is 2. The lowest BCUT2D eigenvalue weighted by Crippen LogP contribution is -2.47. The van der Waals surface area contributed by atoms with Crippen molar-refractivity contribution in [2.45, 2.75) is 147 Å². The fraction of sp³-hybridized carbons (Fsp3) is 0.551. The highest BCUT2D eigenvalue weighted by Gasteiger charge is 2.62. The molecular weight excluding hydrogens is 886 g/mol. The minimum atomic E-state index is -3.97. The second-order valence-electron chi connectivity index (χ2n) is 20.0. The monoisotopic (exact) mass is 945 g/mol. The van der Waals surface area contributed by atoms with Crippen LogP contribution < -0.4 is 9.46 Å². The Labute approximate surface area is 390 Å². The molecule has 0 unspecified atom stereocenters. The lowest BCUT2D eigenvalue weighted by molar-refractivity contribution is -0.159. The predicted octanol–water partition coefficient (Wildman–Crippen LogP) is 9.17. The van der Waals surface area contributed by atoms with Gasteiger partial charge in [0.1, 0.15) is 22.2 Å². The first-order chi connectivity index (χ1) is 30.8. The van der Waals surface area contributed by atoms with E-state index in [0.717, 1.165) is 46.6 Å². The highest BCUT2D eigenvalue weighted by Crippen LogP contribution is 2.58. The van der Waals surface area contributed by atoms with Crippen LogP contribution >= 0.6 is 22.9 Å². The molecule has 16 heteroatoms. The highest BCUT2D eigenvalue weighted by atomic mass is 35.5. The fourth-order valence-electron chi connectivity index (χ4n) is 9.35. The predicted molar refractivity (Wildman–Crippen MR) is 251 cm³/mol. The van der Waals surface area contributed by atoms with Crippen LogP contribution in [0.3, 0.4) is 0 Å². The van der Waals surface area contributed by atoms with Crippen molar-refractivity contribution in [3.63, 3.8) is 0 Å². The number of benzene rings is 2. The molecule has 2 saturated carbocycles. The van der Waals surface area contributed by atoms with Gasteiger partial charge in [-0.2, -0.15) is 4.98 Å². The van der Waals surface area contributed by atoms with Crippen LogP contribution in [0.4, 0.5) is 0 Å². The Morgan fingerprint density at radius 3 is 2.54 bits per heavy atom. The van der Waals surface area contributed by atoms with E-state index in [4.69, 9.17) is 31.0 Å². The molecule has 1 N–H and O–H groups in total. The van der Waals surface area contributed by atoms with E-state index >= 15 is 0 Å². The first kappa shape index (κ1) is 46.9. The number of sulfonamides is 1. The minimum absolute atomic E-state index is 0.0430. The van der Waals surface area contributed by atoms with E-state index in [2.05, 4.69) is 4.72 Å². The molecule has 4 heterocycles. The van der Waals surface area contributed by atoms with Gasteiger partial charge in [0.25, 0.3) is 6.01 Å². The van der Waals surface area contributed by atoms with Gasteiger partial charge in [0.2, 0.25) is 21.8 Å². The molecule has 4 aliphatic rings. The molecule has 5 atom stereocenters. The van der Waals surface area contributed by atoms with Crippen LogP contribution in [0.2, 0.25) is 5.02 Å². The lowest BCUT2D eigenvalue weighted by Gasteiger charge is -2.29. The number of para-hydroxylation sites is 1.